The molecule has 0 aromatic heterocycles. The van der Waals surface area contributed by atoms with Crippen LogP contribution in [0.4, 0.5) is 5.69 Å². The van der Waals surface area contributed by atoms with E-state index >= 15 is 0 Å². The molecule has 0 aliphatic heterocycles. The van der Waals surface area contributed by atoms with Crippen molar-refractivity contribution in [2.75, 3.05) is 7.11 Å². The van der Waals surface area contributed by atoms with E-state index in [1.807, 2.05) is 0 Å². The molecular formula is C17H13ClN2O4. The zero-order valence-corrected chi connectivity index (χ0v) is 13.4. The smallest absolute Gasteiger partial charge is 0.381 e. The van der Waals surface area contributed by atoms with Crippen LogP contribution in [0, 0.1) is 0 Å². The van der Waals surface area contributed by atoms with Gasteiger partial charge in [-0.15, -0.1) is 5.11 Å². The van der Waals surface area contributed by atoms with Crippen LogP contribution in [0.15, 0.2) is 70.5 Å². The third-order valence-corrected chi connectivity index (χ3v) is 3.20. The summed E-state index contributed by atoms with van der Waals surface area (Å²) < 4.78 is 4.39. The fourth-order valence-electron chi connectivity index (χ4n) is 1.74. The maximum Gasteiger partial charge on any atom is 0.381 e. The number of carbonyl (C=O) groups is 2. The van der Waals surface area contributed by atoms with Gasteiger partial charge in [0, 0.05) is 10.6 Å². The number of halogens is 1. The molecule has 0 aliphatic rings. The Hall–Kier alpha value is -2.99. The molecular weight excluding hydrogens is 332 g/mol. The predicted molar refractivity (Wildman–Crippen MR) is 89.0 cm³/mol. The van der Waals surface area contributed by atoms with Crippen molar-refractivity contribution in [1.29, 1.82) is 0 Å². The summed E-state index contributed by atoms with van der Waals surface area (Å²) in [7, 11) is 1.06. The predicted octanol–water partition coefficient (Wildman–Crippen LogP) is 4.09. The lowest BCUT2D eigenvalue weighted by Gasteiger charge is -2.05. The van der Waals surface area contributed by atoms with Crippen molar-refractivity contribution in [3.05, 3.63) is 70.9 Å². The molecule has 0 spiro atoms. The van der Waals surface area contributed by atoms with E-state index in [0.29, 0.717) is 10.7 Å². The molecule has 122 valence electrons. The van der Waals surface area contributed by atoms with Gasteiger partial charge in [-0.3, -0.25) is 4.79 Å². The van der Waals surface area contributed by atoms with Crippen molar-refractivity contribution in [2.45, 2.75) is 0 Å². The van der Waals surface area contributed by atoms with E-state index in [4.69, 9.17) is 11.6 Å². The summed E-state index contributed by atoms with van der Waals surface area (Å²) in [5.41, 5.74) is 0.197. The van der Waals surface area contributed by atoms with Gasteiger partial charge in [0.15, 0.2) is 11.5 Å². The van der Waals surface area contributed by atoms with Crippen LogP contribution in [0.25, 0.3) is 5.76 Å². The second-order valence-electron chi connectivity index (χ2n) is 4.56. The highest BCUT2D eigenvalue weighted by molar-refractivity contribution is 6.41. The molecule has 0 unspecified atom stereocenters. The van der Waals surface area contributed by atoms with Gasteiger partial charge in [-0.25, -0.2) is 4.79 Å². The lowest BCUT2D eigenvalue weighted by Crippen LogP contribution is -2.18. The summed E-state index contributed by atoms with van der Waals surface area (Å²) in [6, 6.07) is 14.6. The third-order valence-electron chi connectivity index (χ3n) is 2.95. The SMILES string of the molecule is COC(=O)C(=O)C(N=Nc1ccccc1)=C(O)c1ccc(Cl)cc1. The fraction of sp³-hybridized carbons (Fsp3) is 0.0588. The van der Waals surface area contributed by atoms with E-state index in [9.17, 15) is 14.7 Å². The Labute approximate surface area is 143 Å². The molecule has 0 bridgehead atoms. The molecule has 0 aliphatic carbocycles. The Balaban J connectivity index is 2.47. The normalized spacial score (nSPS) is 11.9. The quantitative estimate of drug-likeness (QED) is 0.291. The molecule has 2 aromatic carbocycles. The lowest BCUT2D eigenvalue weighted by atomic mass is 10.1. The van der Waals surface area contributed by atoms with Crippen LogP contribution < -0.4 is 0 Å². The molecule has 0 amide bonds. The Kier molecular flexibility index (Phi) is 5.81. The summed E-state index contributed by atoms with van der Waals surface area (Å²) in [6.45, 7) is 0. The van der Waals surface area contributed by atoms with Crippen LogP contribution in [-0.4, -0.2) is 24.0 Å². The van der Waals surface area contributed by atoms with Crippen molar-refractivity contribution in [1.82, 2.24) is 0 Å². The first-order chi connectivity index (χ1) is 11.5. The number of hydrogen-bond acceptors (Lipinski definition) is 6. The number of nitrogens with zero attached hydrogens (tertiary/aromatic N) is 2. The van der Waals surface area contributed by atoms with Crippen molar-refractivity contribution in [3.63, 3.8) is 0 Å². The Morgan fingerprint density at radius 3 is 2.25 bits per heavy atom. The molecule has 1 N–H and O–H groups in total. The zero-order chi connectivity index (χ0) is 17.5. The molecule has 7 heteroatoms. The standard InChI is InChI=1S/C17H13ClN2O4/c1-24-17(23)16(22)14(20-19-13-5-3-2-4-6-13)15(21)11-7-9-12(18)10-8-11/h2-10,21H,1H3. The second-order valence-corrected chi connectivity index (χ2v) is 5.00. The Bertz CT molecular complexity index is 799. The van der Waals surface area contributed by atoms with Gasteiger partial charge in [0.1, 0.15) is 0 Å². The van der Waals surface area contributed by atoms with Gasteiger partial charge >= 0.3 is 5.97 Å². The topological polar surface area (TPSA) is 88.3 Å². The average Bonchev–Trinajstić information content (AvgIpc) is 2.62. The third kappa shape index (κ3) is 4.27. The highest BCUT2D eigenvalue weighted by Gasteiger charge is 2.24. The molecule has 2 rings (SSSR count). The summed E-state index contributed by atoms with van der Waals surface area (Å²) >= 11 is 5.79. The minimum absolute atomic E-state index is 0.263. The summed E-state index contributed by atoms with van der Waals surface area (Å²) in [4.78, 5) is 23.6. The number of hydrogen-bond donors (Lipinski definition) is 1. The van der Waals surface area contributed by atoms with Crippen molar-refractivity contribution >= 4 is 34.8 Å². The lowest BCUT2D eigenvalue weighted by molar-refractivity contribution is -0.149. The maximum atomic E-state index is 12.1. The van der Waals surface area contributed by atoms with Gasteiger partial charge in [-0.1, -0.05) is 29.8 Å². The number of esters is 1. The van der Waals surface area contributed by atoms with Crippen LogP contribution in [0.5, 0.6) is 0 Å². The highest BCUT2D eigenvalue weighted by Crippen LogP contribution is 2.22. The van der Waals surface area contributed by atoms with Crippen LogP contribution in [-0.2, 0) is 14.3 Å². The van der Waals surface area contributed by atoms with Crippen LogP contribution >= 0.6 is 11.6 Å². The monoisotopic (exact) mass is 344 g/mol. The minimum Gasteiger partial charge on any atom is -0.505 e. The number of azo groups is 1. The van der Waals surface area contributed by atoms with Gasteiger partial charge in [-0.05, 0) is 36.4 Å². The summed E-state index contributed by atoms with van der Waals surface area (Å²) in [5, 5.41) is 18.4. The van der Waals surface area contributed by atoms with Gasteiger partial charge in [-0.2, -0.15) is 5.11 Å². The largest absolute Gasteiger partial charge is 0.505 e. The first-order valence-electron chi connectivity index (χ1n) is 6.81. The molecule has 0 fully saturated rings. The Morgan fingerprint density at radius 2 is 1.67 bits per heavy atom. The van der Waals surface area contributed by atoms with Gasteiger partial charge in [0.05, 0.1) is 12.8 Å². The molecule has 0 heterocycles. The molecule has 0 saturated heterocycles. The van der Waals surface area contributed by atoms with Crippen molar-refractivity contribution in [2.24, 2.45) is 10.2 Å². The number of methoxy groups -OCH3 is 1. The number of Topliss-reactive ketones (excluding diaryl/α,β-unsaturated/α-hetero) is 1. The number of ether oxygens (including phenoxy) is 1. The Morgan fingerprint density at radius 1 is 1.04 bits per heavy atom. The molecule has 6 nitrogen and oxygen atoms in total. The van der Waals surface area contributed by atoms with Crippen LogP contribution in [0.1, 0.15) is 5.56 Å². The summed E-state index contributed by atoms with van der Waals surface area (Å²) in [6.07, 6.45) is 0. The summed E-state index contributed by atoms with van der Waals surface area (Å²) in [5.74, 6) is -2.76. The maximum absolute atomic E-state index is 12.1. The second kappa shape index (κ2) is 8.03. The minimum atomic E-state index is -1.16. The zero-order valence-electron chi connectivity index (χ0n) is 12.6. The van der Waals surface area contributed by atoms with E-state index in [-0.39, 0.29) is 5.56 Å². The van der Waals surface area contributed by atoms with Crippen LogP contribution in [0.3, 0.4) is 0 Å². The highest BCUT2D eigenvalue weighted by atomic mass is 35.5. The van der Waals surface area contributed by atoms with Crippen molar-refractivity contribution < 1.29 is 19.4 Å². The van der Waals surface area contributed by atoms with Gasteiger partial charge < -0.3 is 9.84 Å². The first kappa shape index (κ1) is 17.4. The van der Waals surface area contributed by atoms with Crippen LogP contribution in [0.2, 0.25) is 5.02 Å². The number of rotatable bonds is 5. The number of aliphatic hydroxyl groups is 1. The molecule has 0 atom stereocenters. The number of aliphatic hydroxyl groups excluding tert-OH is 1. The van der Waals surface area contributed by atoms with Crippen molar-refractivity contribution in [3.8, 4) is 0 Å². The van der Waals surface area contributed by atoms with E-state index in [1.165, 1.54) is 24.3 Å². The molecule has 24 heavy (non-hydrogen) atoms. The van der Waals surface area contributed by atoms with E-state index in [2.05, 4.69) is 15.0 Å². The molecule has 2 aromatic rings. The van der Waals surface area contributed by atoms with E-state index in [0.717, 1.165) is 7.11 Å². The molecule has 0 saturated carbocycles. The number of carbonyl (C=O) groups excluding carboxylic acids is 2. The number of ketones is 1. The average molecular weight is 345 g/mol. The number of benzene rings is 2. The van der Waals surface area contributed by atoms with E-state index < -0.39 is 23.2 Å². The van der Waals surface area contributed by atoms with Gasteiger partial charge in [0.2, 0.25) is 0 Å². The van der Waals surface area contributed by atoms with E-state index in [1.54, 1.807) is 30.3 Å². The fourth-order valence-corrected chi connectivity index (χ4v) is 1.86. The first-order valence-corrected chi connectivity index (χ1v) is 7.19. The van der Waals surface area contributed by atoms with Gasteiger partial charge in [0.25, 0.3) is 5.78 Å². The molecule has 0 radical (unpaired) electrons.